The number of rotatable bonds is 5. The normalized spacial score (nSPS) is 17.9. The molecule has 2 heterocycles. The Bertz CT molecular complexity index is 856. The molecule has 0 radical (unpaired) electrons. The first-order valence-electron chi connectivity index (χ1n) is 8.71. The summed E-state index contributed by atoms with van der Waals surface area (Å²) in [5, 5.41) is -0.0219. The highest BCUT2D eigenvalue weighted by molar-refractivity contribution is 7.99. The van der Waals surface area contributed by atoms with Crippen LogP contribution < -0.4 is 18.9 Å². The van der Waals surface area contributed by atoms with Gasteiger partial charge in [-0.3, -0.25) is 4.79 Å². The molecule has 2 aromatic rings. The van der Waals surface area contributed by atoms with E-state index in [2.05, 4.69) is 0 Å². The molecule has 0 spiro atoms. The second-order valence-electron chi connectivity index (χ2n) is 6.29. The molecule has 1 saturated heterocycles. The minimum Gasteiger partial charge on any atom is -0.493 e. The van der Waals surface area contributed by atoms with Crippen molar-refractivity contribution < 1.29 is 23.7 Å². The summed E-state index contributed by atoms with van der Waals surface area (Å²) in [5.74, 6) is 3.79. The van der Waals surface area contributed by atoms with Crippen molar-refractivity contribution in [3.63, 3.8) is 0 Å². The Morgan fingerprint density at radius 2 is 1.93 bits per heavy atom. The van der Waals surface area contributed by atoms with Crippen molar-refractivity contribution in [3.8, 4) is 23.0 Å². The Morgan fingerprint density at radius 3 is 2.74 bits per heavy atom. The smallest absolute Gasteiger partial charge is 0.231 e. The van der Waals surface area contributed by atoms with Gasteiger partial charge in [0.2, 0.25) is 12.7 Å². The molecule has 0 aliphatic carbocycles. The topological polar surface area (TPSA) is 57.2 Å². The van der Waals surface area contributed by atoms with E-state index >= 15 is 0 Å². The molecule has 1 amide bonds. The van der Waals surface area contributed by atoms with E-state index in [1.165, 1.54) is 0 Å². The Kier molecular flexibility index (Phi) is 5.03. The number of benzene rings is 2. The monoisotopic (exact) mass is 387 g/mol. The van der Waals surface area contributed by atoms with Gasteiger partial charge in [0.1, 0.15) is 5.37 Å². The molecule has 1 unspecified atom stereocenters. The Morgan fingerprint density at radius 1 is 1.11 bits per heavy atom. The quantitative estimate of drug-likeness (QED) is 0.785. The van der Waals surface area contributed by atoms with E-state index in [0.717, 1.165) is 29.2 Å². The summed E-state index contributed by atoms with van der Waals surface area (Å²) in [6.45, 7) is 0.962. The molecule has 2 aliphatic heterocycles. The lowest BCUT2D eigenvalue weighted by Crippen LogP contribution is -2.31. The number of hydrogen-bond acceptors (Lipinski definition) is 6. The molecule has 142 valence electrons. The number of hydrogen-bond donors (Lipinski definition) is 0. The van der Waals surface area contributed by atoms with Gasteiger partial charge < -0.3 is 23.8 Å². The van der Waals surface area contributed by atoms with Crippen LogP contribution in [-0.2, 0) is 11.2 Å². The number of ether oxygens (including phenoxy) is 4. The lowest BCUT2D eigenvalue weighted by atomic mass is 10.1. The maximum atomic E-state index is 13.0. The molecule has 2 aromatic carbocycles. The van der Waals surface area contributed by atoms with E-state index < -0.39 is 0 Å². The number of nitrogens with zero attached hydrogens (tertiary/aromatic N) is 1. The summed E-state index contributed by atoms with van der Waals surface area (Å²) in [7, 11) is 3.23. The van der Waals surface area contributed by atoms with E-state index in [0.29, 0.717) is 23.7 Å². The molecule has 1 atom stereocenters. The van der Waals surface area contributed by atoms with Gasteiger partial charge in [0.05, 0.1) is 20.6 Å². The predicted octanol–water partition coefficient (Wildman–Crippen LogP) is 3.25. The van der Waals surface area contributed by atoms with Crippen molar-refractivity contribution in [1.29, 1.82) is 0 Å². The van der Waals surface area contributed by atoms with E-state index in [1.807, 2.05) is 41.3 Å². The zero-order valence-electron chi connectivity index (χ0n) is 15.3. The van der Waals surface area contributed by atoms with Crippen LogP contribution >= 0.6 is 11.8 Å². The number of thioether (sulfide) groups is 1. The van der Waals surface area contributed by atoms with Crippen LogP contribution in [0.1, 0.15) is 16.5 Å². The van der Waals surface area contributed by atoms with E-state index in [9.17, 15) is 4.79 Å². The summed E-state index contributed by atoms with van der Waals surface area (Å²) in [5.41, 5.74) is 1.96. The molecular formula is C20H21NO5S. The lowest BCUT2D eigenvalue weighted by Gasteiger charge is -2.25. The average molecular weight is 387 g/mol. The third-order valence-electron chi connectivity index (χ3n) is 4.70. The molecule has 0 N–H and O–H groups in total. The Labute approximate surface area is 162 Å². The van der Waals surface area contributed by atoms with Gasteiger partial charge in [-0.15, -0.1) is 11.8 Å². The number of carbonyl (C=O) groups is 1. The van der Waals surface area contributed by atoms with Crippen molar-refractivity contribution >= 4 is 17.7 Å². The summed E-state index contributed by atoms with van der Waals surface area (Å²) in [4.78, 5) is 14.9. The van der Waals surface area contributed by atoms with Crippen molar-refractivity contribution in [2.45, 2.75) is 11.8 Å². The summed E-state index contributed by atoms with van der Waals surface area (Å²) in [6.07, 6.45) is 0.334. The van der Waals surface area contributed by atoms with Crippen LogP contribution in [0.2, 0.25) is 0 Å². The van der Waals surface area contributed by atoms with Gasteiger partial charge in [0.15, 0.2) is 23.0 Å². The van der Waals surface area contributed by atoms with Crippen LogP contribution in [0.25, 0.3) is 0 Å². The van der Waals surface area contributed by atoms with Gasteiger partial charge in [0.25, 0.3) is 0 Å². The first kappa shape index (κ1) is 17.9. The van der Waals surface area contributed by atoms with Crippen LogP contribution in [0, 0.1) is 0 Å². The highest BCUT2D eigenvalue weighted by Gasteiger charge is 2.31. The van der Waals surface area contributed by atoms with Crippen molar-refractivity contribution in [1.82, 2.24) is 4.90 Å². The van der Waals surface area contributed by atoms with E-state index in [1.54, 1.807) is 26.0 Å². The second kappa shape index (κ2) is 7.60. The summed E-state index contributed by atoms with van der Waals surface area (Å²) >= 11 is 1.76. The number of methoxy groups -OCH3 is 2. The van der Waals surface area contributed by atoms with Crippen LogP contribution in [0.4, 0.5) is 0 Å². The molecule has 2 aliphatic rings. The molecule has 6 nitrogen and oxygen atoms in total. The molecular weight excluding hydrogens is 366 g/mol. The zero-order valence-corrected chi connectivity index (χ0v) is 16.1. The third-order valence-corrected chi connectivity index (χ3v) is 5.96. The number of amides is 1. The van der Waals surface area contributed by atoms with Gasteiger partial charge in [-0.1, -0.05) is 12.1 Å². The van der Waals surface area contributed by atoms with Crippen molar-refractivity contribution in [2.24, 2.45) is 0 Å². The fourth-order valence-corrected chi connectivity index (χ4v) is 4.60. The second-order valence-corrected chi connectivity index (χ2v) is 7.48. The Hall–Kier alpha value is -2.54. The predicted molar refractivity (Wildman–Crippen MR) is 103 cm³/mol. The van der Waals surface area contributed by atoms with Crippen LogP contribution in [0.3, 0.4) is 0 Å². The lowest BCUT2D eigenvalue weighted by molar-refractivity contribution is -0.130. The Balaban J connectivity index is 1.51. The van der Waals surface area contributed by atoms with Crippen LogP contribution in [0.5, 0.6) is 23.0 Å². The molecule has 1 fully saturated rings. The van der Waals surface area contributed by atoms with Gasteiger partial charge in [-0.25, -0.2) is 0 Å². The third kappa shape index (κ3) is 3.51. The zero-order chi connectivity index (χ0) is 18.8. The highest BCUT2D eigenvalue weighted by Crippen LogP contribution is 2.41. The molecule has 0 saturated carbocycles. The largest absolute Gasteiger partial charge is 0.493 e. The SMILES string of the molecule is COc1ccc(C2SCCN2C(=O)Cc2ccc3c(c2)OCO3)cc1OC. The van der Waals surface area contributed by atoms with Crippen LogP contribution in [-0.4, -0.2) is 44.1 Å². The molecule has 27 heavy (non-hydrogen) atoms. The minimum atomic E-state index is -0.0219. The first-order valence-corrected chi connectivity index (χ1v) is 9.76. The fraction of sp³-hybridized carbons (Fsp3) is 0.350. The van der Waals surface area contributed by atoms with Crippen molar-refractivity contribution in [2.75, 3.05) is 33.3 Å². The van der Waals surface area contributed by atoms with Crippen LogP contribution in [0.15, 0.2) is 36.4 Å². The summed E-state index contributed by atoms with van der Waals surface area (Å²) < 4.78 is 21.5. The van der Waals surface area contributed by atoms with E-state index in [-0.39, 0.29) is 18.1 Å². The first-order chi connectivity index (χ1) is 13.2. The molecule has 7 heteroatoms. The average Bonchev–Trinajstić information content (AvgIpc) is 3.36. The maximum Gasteiger partial charge on any atom is 0.231 e. The van der Waals surface area contributed by atoms with Gasteiger partial charge in [-0.05, 0) is 35.4 Å². The van der Waals surface area contributed by atoms with Gasteiger partial charge in [0, 0.05) is 12.3 Å². The highest BCUT2D eigenvalue weighted by atomic mass is 32.2. The van der Waals surface area contributed by atoms with Gasteiger partial charge in [-0.2, -0.15) is 0 Å². The van der Waals surface area contributed by atoms with Crippen molar-refractivity contribution in [3.05, 3.63) is 47.5 Å². The minimum absolute atomic E-state index is 0.0219. The standard InChI is InChI=1S/C20H21NO5S/c1-23-15-6-4-14(11-17(15)24-2)20-21(7-8-27-20)19(22)10-13-3-5-16-18(9-13)26-12-25-16/h3-6,9,11,20H,7-8,10,12H2,1-2H3. The number of fused-ring (bicyclic) bond motifs is 1. The summed E-state index contributed by atoms with van der Waals surface area (Å²) in [6, 6.07) is 11.5. The fourth-order valence-electron chi connectivity index (χ4n) is 3.34. The molecule has 4 rings (SSSR count). The van der Waals surface area contributed by atoms with Gasteiger partial charge >= 0.3 is 0 Å². The maximum absolute atomic E-state index is 13.0. The number of carbonyl (C=O) groups excluding carboxylic acids is 1. The van der Waals surface area contributed by atoms with E-state index in [4.69, 9.17) is 18.9 Å². The molecule has 0 aromatic heterocycles. The molecule has 0 bridgehead atoms.